The van der Waals surface area contributed by atoms with E-state index < -0.39 is 0 Å². The third-order valence-electron chi connectivity index (χ3n) is 1.73. The standard InChI is InChI=1S/C8H18N4O/c1-7(13)11-6-8(12-9)4-3-5-10-2/h8-10H,3-6H2,1-2H3,(H,11,13)/t8-/m1/s1. The molecule has 1 atom stereocenters. The highest BCUT2D eigenvalue weighted by atomic mass is 16.1. The van der Waals surface area contributed by atoms with E-state index in [0.717, 1.165) is 19.4 Å². The molecule has 0 aromatic rings. The van der Waals surface area contributed by atoms with E-state index in [1.54, 1.807) is 0 Å². The Hall–Kier alpha value is -0.970. The van der Waals surface area contributed by atoms with Gasteiger partial charge in [0.1, 0.15) is 0 Å². The van der Waals surface area contributed by atoms with E-state index in [9.17, 15) is 4.79 Å². The molecule has 3 N–H and O–H groups in total. The topological polar surface area (TPSA) is 77.3 Å². The summed E-state index contributed by atoms with van der Waals surface area (Å²) in [6, 6.07) is -0.0720. The number of nitrogens with one attached hydrogen (secondary N) is 3. The summed E-state index contributed by atoms with van der Waals surface area (Å²) in [6.07, 6.45) is 1.81. The summed E-state index contributed by atoms with van der Waals surface area (Å²) in [4.78, 5) is 10.6. The van der Waals surface area contributed by atoms with Crippen LogP contribution in [0.15, 0.2) is 5.11 Å². The van der Waals surface area contributed by atoms with E-state index in [0.29, 0.717) is 6.54 Å². The minimum Gasteiger partial charge on any atom is -0.354 e. The van der Waals surface area contributed by atoms with E-state index in [1.807, 2.05) is 7.05 Å². The van der Waals surface area contributed by atoms with Gasteiger partial charge in [-0.2, -0.15) is 5.11 Å². The van der Waals surface area contributed by atoms with Gasteiger partial charge in [0.05, 0.1) is 6.04 Å². The molecule has 0 fully saturated rings. The van der Waals surface area contributed by atoms with Gasteiger partial charge in [-0.05, 0) is 26.4 Å². The van der Waals surface area contributed by atoms with E-state index >= 15 is 0 Å². The van der Waals surface area contributed by atoms with Crippen molar-refractivity contribution in [3.05, 3.63) is 0 Å². The zero-order valence-electron chi connectivity index (χ0n) is 8.26. The lowest BCUT2D eigenvalue weighted by atomic mass is 10.1. The number of carbonyl (C=O) groups excluding carboxylic acids is 1. The van der Waals surface area contributed by atoms with Crippen LogP contribution in [0.5, 0.6) is 0 Å². The maximum absolute atomic E-state index is 10.6. The smallest absolute Gasteiger partial charge is 0.216 e. The third kappa shape index (κ3) is 7.39. The summed E-state index contributed by atoms with van der Waals surface area (Å²) in [5.74, 6) is -0.0673. The Kier molecular flexibility index (Phi) is 7.10. The summed E-state index contributed by atoms with van der Waals surface area (Å²) >= 11 is 0. The molecule has 0 rings (SSSR count). The minimum absolute atomic E-state index is 0.0673. The SMILES string of the molecule is CNCCC[C@H](CNC(C)=O)N=N. The Bertz CT molecular complexity index is 160. The van der Waals surface area contributed by atoms with Crippen molar-refractivity contribution >= 4 is 5.91 Å². The van der Waals surface area contributed by atoms with Crippen molar-refractivity contribution in [2.45, 2.75) is 25.8 Å². The van der Waals surface area contributed by atoms with Gasteiger partial charge in [0.2, 0.25) is 5.91 Å². The van der Waals surface area contributed by atoms with Gasteiger partial charge in [0.15, 0.2) is 0 Å². The molecule has 0 unspecified atom stereocenters. The van der Waals surface area contributed by atoms with Crippen LogP contribution in [0.2, 0.25) is 0 Å². The molecule has 5 heteroatoms. The summed E-state index contributed by atoms with van der Waals surface area (Å²) in [6.45, 7) is 2.86. The first-order valence-electron chi connectivity index (χ1n) is 4.46. The molecule has 13 heavy (non-hydrogen) atoms. The minimum atomic E-state index is -0.0720. The summed E-state index contributed by atoms with van der Waals surface area (Å²) in [5, 5.41) is 9.11. The Balaban J connectivity index is 3.51. The molecule has 0 spiro atoms. The van der Waals surface area contributed by atoms with Gasteiger partial charge in [-0.3, -0.25) is 4.79 Å². The molecule has 0 saturated carbocycles. The number of carbonyl (C=O) groups is 1. The molecular weight excluding hydrogens is 168 g/mol. The van der Waals surface area contributed by atoms with Gasteiger partial charge in [0.25, 0.3) is 0 Å². The van der Waals surface area contributed by atoms with Crippen LogP contribution in [0.3, 0.4) is 0 Å². The van der Waals surface area contributed by atoms with Gasteiger partial charge in [0, 0.05) is 13.5 Å². The molecule has 0 saturated heterocycles. The molecule has 76 valence electrons. The highest BCUT2D eigenvalue weighted by Crippen LogP contribution is 1.99. The average Bonchev–Trinajstić information content (AvgIpc) is 2.10. The van der Waals surface area contributed by atoms with Gasteiger partial charge >= 0.3 is 0 Å². The van der Waals surface area contributed by atoms with Crippen LogP contribution in [0.25, 0.3) is 0 Å². The van der Waals surface area contributed by atoms with E-state index in [1.165, 1.54) is 6.92 Å². The van der Waals surface area contributed by atoms with Gasteiger partial charge in [-0.1, -0.05) is 0 Å². The monoisotopic (exact) mass is 186 g/mol. The fourth-order valence-corrected chi connectivity index (χ4v) is 0.988. The lowest BCUT2D eigenvalue weighted by Gasteiger charge is -2.10. The first kappa shape index (κ1) is 12.0. The van der Waals surface area contributed by atoms with Crippen LogP contribution < -0.4 is 10.6 Å². The molecule has 5 nitrogen and oxygen atoms in total. The maximum Gasteiger partial charge on any atom is 0.216 e. The van der Waals surface area contributed by atoms with Crippen LogP contribution in [-0.2, 0) is 4.79 Å². The highest BCUT2D eigenvalue weighted by molar-refractivity contribution is 5.72. The lowest BCUT2D eigenvalue weighted by molar-refractivity contribution is -0.119. The van der Waals surface area contributed by atoms with E-state index in [2.05, 4.69) is 15.7 Å². The quantitative estimate of drug-likeness (QED) is 0.400. The van der Waals surface area contributed by atoms with E-state index in [4.69, 9.17) is 5.53 Å². The van der Waals surface area contributed by atoms with Gasteiger partial charge in [-0.15, -0.1) is 0 Å². The Morgan fingerprint density at radius 3 is 2.77 bits per heavy atom. The fourth-order valence-electron chi connectivity index (χ4n) is 0.988. The van der Waals surface area contributed by atoms with Gasteiger partial charge < -0.3 is 10.6 Å². The first-order valence-corrected chi connectivity index (χ1v) is 4.46. The number of hydrogen-bond donors (Lipinski definition) is 3. The lowest BCUT2D eigenvalue weighted by Crippen LogP contribution is -2.29. The number of hydrogen-bond acceptors (Lipinski definition) is 4. The fraction of sp³-hybridized carbons (Fsp3) is 0.875. The van der Waals surface area contributed by atoms with Crippen LogP contribution in [-0.4, -0.2) is 32.1 Å². The van der Waals surface area contributed by atoms with Crippen LogP contribution >= 0.6 is 0 Å². The molecular formula is C8H18N4O. The number of nitrogens with zero attached hydrogens (tertiary/aromatic N) is 1. The van der Waals surface area contributed by atoms with Crippen molar-refractivity contribution in [2.75, 3.05) is 20.1 Å². The van der Waals surface area contributed by atoms with E-state index in [-0.39, 0.29) is 11.9 Å². The molecule has 0 aliphatic heterocycles. The van der Waals surface area contributed by atoms with Crippen LogP contribution in [0, 0.1) is 5.53 Å². The van der Waals surface area contributed by atoms with Gasteiger partial charge in [-0.25, -0.2) is 5.53 Å². The molecule has 0 radical (unpaired) electrons. The first-order chi connectivity index (χ1) is 6.20. The average molecular weight is 186 g/mol. The van der Waals surface area contributed by atoms with Crippen molar-refractivity contribution in [1.29, 1.82) is 5.53 Å². The molecule has 0 aromatic heterocycles. The molecule has 0 aliphatic carbocycles. The Morgan fingerprint density at radius 2 is 2.31 bits per heavy atom. The zero-order valence-corrected chi connectivity index (χ0v) is 8.26. The summed E-state index contributed by atoms with van der Waals surface area (Å²) in [5.41, 5.74) is 6.89. The van der Waals surface area contributed by atoms with Crippen molar-refractivity contribution in [2.24, 2.45) is 5.11 Å². The van der Waals surface area contributed by atoms with Crippen molar-refractivity contribution in [3.8, 4) is 0 Å². The van der Waals surface area contributed by atoms with Crippen molar-refractivity contribution < 1.29 is 4.79 Å². The van der Waals surface area contributed by atoms with Crippen molar-refractivity contribution in [1.82, 2.24) is 10.6 Å². The van der Waals surface area contributed by atoms with Crippen molar-refractivity contribution in [3.63, 3.8) is 0 Å². The Morgan fingerprint density at radius 1 is 1.62 bits per heavy atom. The second-order valence-corrected chi connectivity index (χ2v) is 2.97. The largest absolute Gasteiger partial charge is 0.354 e. The molecule has 1 amide bonds. The van der Waals surface area contributed by atoms with Crippen LogP contribution in [0.1, 0.15) is 19.8 Å². The normalized spacial score (nSPS) is 12.2. The van der Waals surface area contributed by atoms with Crippen LogP contribution in [0.4, 0.5) is 0 Å². The summed E-state index contributed by atoms with van der Waals surface area (Å²) < 4.78 is 0. The highest BCUT2D eigenvalue weighted by Gasteiger charge is 2.06. The number of rotatable bonds is 7. The second-order valence-electron chi connectivity index (χ2n) is 2.97. The summed E-state index contributed by atoms with van der Waals surface area (Å²) in [7, 11) is 1.89. The predicted molar refractivity (Wildman–Crippen MR) is 50.8 cm³/mol. The molecule has 0 aromatic carbocycles. The maximum atomic E-state index is 10.6. The Labute approximate surface area is 78.8 Å². The molecule has 0 aliphatic rings. The second kappa shape index (κ2) is 7.67. The zero-order chi connectivity index (χ0) is 10.1. The molecule has 0 heterocycles. The number of amides is 1. The third-order valence-corrected chi connectivity index (χ3v) is 1.73. The molecule has 0 bridgehead atoms. The predicted octanol–water partition coefficient (Wildman–Crippen LogP) is 0.522.